The normalized spacial score (nSPS) is 15.7. The van der Waals surface area contributed by atoms with Crippen LogP contribution in [0.4, 0.5) is 5.69 Å². The number of anilines is 1. The Labute approximate surface area is 88.1 Å². The summed E-state index contributed by atoms with van der Waals surface area (Å²) in [7, 11) is 0. The van der Waals surface area contributed by atoms with E-state index in [0.717, 1.165) is 11.4 Å². The Morgan fingerprint density at radius 3 is 2.93 bits per heavy atom. The lowest BCUT2D eigenvalue weighted by molar-refractivity contribution is -0.115. The van der Waals surface area contributed by atoms with Crippen LogP contribution in [0.3, 0.4) is 0 Å². The maximum Gasteiger partial charge on any atom is 0.225 e. The fourth-order valence-corrected chi connectivity index (χ4v) is 2.74. The second kappa shape index (κ2) is 3.65. The van der Waals surface area contributed by atoms with Gasteiger partial charge in [-0.15, -0.1) is 11.8 Å². The molecule has 1 amide bonds. The zero-order chi connectivity index (χ0) is 10.1. The van der Waals surface area contributed by atoms with Crippen LogP contribution in [0.1, 0.15) is 17.5 Å². The number of hydrogen-bond acceptors (Lipinski definition) is 2. The number of carbonyl (C=O) groups excluding carboxylic acids is 1. The van der Waals surface area contributed by atoms with Gasteiger partial charge in [-0.25, -0.2) is 0 Å². The van der Waals surface area contributed by atoms with Crippen molar-refractivity contribution >= 4 is 23.4 Å². The van der Waals surface area contributed by atoms with Crippen LogP contribution >= 0.6 is 11.8 Å². The summed E-state index contributed by atoms with van der Waals surface area (Å²) in [5.41, 5.74) is 3.44. The Balaban J connectivity index is 2.50. The molecule has 1 N–H and O–H groups in total. The molecule has 14 heavy (non-hydrogen) atoms. The van der Waals surface area contributed by atoms with E-state index >= 15 is 0 Å². The third-order valence-corrected chi connectivity index (χ3v) is 3.51. The number of carbonyl (C=O) groups is 1. The van der Waals surface area contributed by atoms with Crippen LogP contribution in [0.25, 0.3) is 0 Å². The highest BCUT2D eigenvalue weighted by atomic mass is 32.2. The van der Waals surface area contributed by atoms with Gasteiger partial charge in [0.15, 0.2) is 0 Å². The minimum Gasteiger partial charge on any atom is -0.325 e. The van der Waals surface area contributed by atoms with Crippen LogP contribution < -0.4 is 5.32 Å². The molecule has 0 aromatic heterocycles. The summed E-state index contributed by atoms with van der Waals surface area (Å²) in [6, 6.07) is 4.20. The Hall–Kier alpha value is -0.960. The molecule has 1 aliphatic heterocycles. The summed E-state index contributed by atoms with van der Waals surface area (Å²) in [4.78, 5) is 12.6. The molecule has 0 bridgehead atoms. The number of fused-ring (bicyclic) bond motifs is 1. The Morgan fingerprint density at radius 1 is 1.36 bits per heavy atom. The molecule has 0 aliphatic carbocycles. The van der Waals surface area contributed by atoms with Crippen LogP contribution in [0.15, 0.2) is 17.0 Å². The van der Waals surface area contributed by atoms with Crippen molar-refractivity contribution in [1.82, 2.24) is 0 Å². The minimum absolute atomic E-state index is 0.126. The molecular formula is C11H13NOS. The van der Waals surface area contributed by atoms with Gasteiger partial charge in [0.05, 0.1) is 5.69 Å². The average molecular weight is 207 g/mol. The van der Waals surface area contributed by atoms with E-state index in [2.05, 4.69) is 25.2 Å². The number of amides is 1. The highest BCUT2D eigenvalue weighted by molar-refractivity contribution is 7.99. The van der Waals surface area contributed by atoms with Gasteiger partial charge in [0.25, 0.3) is 0 Å². The summed E-state index contributed by atoms with van der Waals surface area (Å²) < 4.78 is 0. The molecule has 0 fully saturated rings. The van der Waals surface area contributed by atoms with Crippen LogP contribution in [0, 0.1) is 13.8 Å². The standard InChI is InChI=1S/C11H13NOS/c1-7-5-8(2)11-9(6-7)12-10(13)3-4-14-11/h5-6H,3-4H2,1-2H3,(H,12,13). The number of aryl methyl sites for hydroxylation is 2. The average Bonchev–Trinajstić information content (AvgIpc) is 2.25. The van der Waals surface area contributed by atoms with Crippen LogP contribution in [0.5, 0.6) is 0 Å². The lowest BCUT2D eigenvalue weighted by Gasteiger charge is -2.10. The topological polar surface area (TPSA) is 29.1 Å². The van der Waals surface area contributed by atoms with Crippen molar-refractivity contribution in [1.29, 1.82) is 0 Å². The van der Waals surface area contributed by atoms with Gasteiger partial charge in [-0.3, -0.25) is 4.79 Å². The smallest absolute Gasteiger partial charge is 0.225 e. The number of hydrogen-bond donors (Lipinski definition) is 1. The second-order valence-electron chi connectivity index (χ2n) is 3.61. The summed E-state index contributed by atoms with van der Waals surface area (Å²) in [5, 5.41) is 2.94. The van der Waals surface area contributed by atoms with E-state index < -0.39 is 0 Å². The third kappa shape index (κ3) is 1.77. The molecule has 0 radical (unpaired) electrons. The minimum atomic E-state index is 0.126. The van der Waals surface area contributed by atoms with Crippen molar-refractivity contribution in [3.8, 4) is 0 Å². The van der Waals surface area contributed by atoms with Gasteiger partial charge in [0, 0.05) is 17.1 Å². The fourth-order valence-electron chi connectivity index (χ4n) is 1.70. The van der Waals surface area contributed by atoms with E-state index in [-0.39, 0.29) is 5.91 Å². The fraction of sp³-hybridized carbons (Fsp3) is 0.364. The van der Waals surface area contributed by atoms with Gasteiger partial charge in [0.2, 0.25) is 5.91 Å². The lowest BCUT2D eigenvalue weighted by atomic mass is 10.1. The van der Waals surface area contributed by atoms with Gasteiger partial charge < -0.3 is 5.32 Å². The van der Waals surface area contributed by atoms with Gasteiger partial charge in [-0.2, -0.15) is 0 Å². The Kier molecular flexibility index (Phi) is 2.50. The van der Waals surface area contributed by atoms with E-state index in [1.54, 1.807) is 11.8 Å². The molecule has 3 heteroatoms. The van der Waals surface area contributed by atoms with E-state index in [4.69, 9.17) is 0 Å². The van der Waals surface area contributed by atoms with Crippen molar-refractivity contribution < 1.29 is 4.79 Å². The van der Waals surface area contributed by atoms with Gasteiger partial charge in [-0.05, 0) is 31.0 Å². The third-order valence-electron chi connectivity index (χ3n) is 2.27. The van der Waals surface area contributed by atoms with Crippen LogP contribution in [-0.4, -0.2) is 11.7 Å². The number of thioether (sulfide) groups is 1. The zero-order valence-corrected chi connectivity index (χ0v) is 9.20. The van der Waals surface area contributed by atoms with Crippen LogP contribution in [-0.2, 0) is 4.79 Å². The molecule has 2 nitrogen and oxygen atoms in total. The maximum atomic E-state index is 11.3. The SMILES string of the molecule is Cc1cc(C)c2c(c1)NC(=O)CCS2. The molecule has 1 aliphatic rings. The van der Waals surface area contributed by atoms with Crippen molar-refractivity contribution in [2.24, 2.45) is 0 Å². The van der Waals surface area contributed by atoms with E-state index in [1.807, 2.05) is 6.07 Å². The lowest BCUT2D eigenvalue weighted by Crippen LogP contribution is -2.10. The molecule has 74 valence electrons. The molecule has 1 heterocycles. The van der Waals surface area contributed by atoms with Gasteiger partial charge in [0.1, 0.15) is 0 Å². The van der Waals surface area contributed by atoms with E-state index in [9.17, 15) is 4.79 Å². The number of rotatable bonds is 0. The van der Waals surface area contributed by atoms with Crippen molar-refractivity contribution in [3.05, 3.63) is 23.3 Å². The molecular weight excluding hydrogens is 194 g/mol. The Bertz CT molecular complexity index is 387. The monoisotopic (exact) mass is 207 g/mol. The Morgan fingerprint density at radius 2 is 2.14 bits per heavy atom. The quantitative estimate of drug-likeness (QED) is 0.708. The first-order valence-corrected chi connectivity index (χ1v) is 5.69. The molecule has 0 spiro atoms. The highest BCUT2D eigenvalue weighted by Gasteiger charge is 2.14. The predicted molar refractivity (Wildman–Crippen MR) is 59.9 cm³/mol. The summed E-state index contributed by atoms with van der Waals surface area (Å²) >= 11 is 1.77. The van der Waals surface area contributed by atoms with Gasteiger partial charge >= 0.3 is 0 Å². The van der Waals surface area contributed by atoms with E-state index in [1.165, 1.54) is 16.0 Å². The first-order chi connectivity index (χ1) is 6.66. The van der Waals surface area contributed by atoms with E-state index in [0.29, 0.717) is 6.42 Å². The summed E-state index contributed by atoms with van der Waals surface area (Å²) in [5.74, 6) is 1.00. The first kappa shape index (κ1) is 9.59. The molecule has 0 atom stereocenters. The highest BCUT2D eigenvalue weighted by Crippen LogP contribution is 2.34. The van der Waals surface area contributed by atoms with Gasteiger partial charge in [-0.1, -0.05) is 6.07 Å². The summed E-state index contributed by atoms with van der Waals surface area (Å²) in [6.45, 7) is 4.14. The van der Waals surface area contributed by atoms with Crippen molar-refractivity contribution in [2.75, 3.05) is 11.1 Å². The predicted octanol–water partition coefficient (Wildman–Crippen LogP) is 2.74. The summed E-state index contributed by atoms with van der Waals surface area (Å²) in [6.07, 6.45) is 0.609. The largest absolute Gasteiger partial charge is 0.325 e. The molecule has 1 aromatic rings. The van der Waals surface area contributed by atoms with Crippen LogP contribution in [0.2, 0.25) is 0 Å². The first-order valence-electron chi connectivity index (χ1n) is 4.71. The molecule has 0 unspecified atom stereocenters. The molecule has 2 rings (SSSR count). The number of nitrogens with one attached hydrogen (secondary N) is 1. The van der Waals surface area contributed by atoms with Crippen molar-refractivity contribution in [3.63, 3.8) is 0 Å². The molecule has 1 aromatic carbocycles. The zero-order valence-electron chi connectivity index (χ0n) is 8.39. The molecule has 0 saturated heterocycles. The van der Waals surface area contributed by atoms with Crippen molar-refractivity contribution in [2.45, 2.75) is 25.2 Å². The second-order valence-corrected chi connectivity index (χ2v) is 4.71. The number of benzene rings is 1. The molecule has 0 saturated carbocycles. The maximum absolute atomic E-state index is 11.3.